The van der Waals surface area contributed by atoms with Crippen LogP contribution in [-0.2, 0) is 10.3 Å². The van der Waals surface area contributed by atoms with Crippen LogP contribution in [0.15, 0.2) is 24.4 Å². The highest BCUT2D eigenvalue weighted by Crippen LogP contribution is 2.23. The fourth-order valence-electron chi connectivity index (χ4n) is 1.61. The molecule has 0 radical (unpaired) electrons. The molecular formula is C12H17N2O2+. The third-order valence-electron chi connectivity index (χ3n) is 2.51. The average molecular weight is 221 g/mol. The van der Waals surface area contributed by atoms with Gasteiger partial charge in [-0.05, 0) is 22.9 Å². The standard InChI is InChI=1S/C12H16N2O2/c1-12(2,3)10-8-9-6-5-7-14(16-15-4)11(9)13-10/h5-8H,1-4H3/p+1. The van der Waals surface area contributed by atoms with Crippen LogP contribution in [0.3, 0.4) is 0 Å². The molecule has 0 amide bonds. The summed E-state index contributed by atoms with van der Waals surface area (Å²) < 4.78 is 1.57. The molecule has 0 aliphatic rings. The van der Waals surface area contributed by atoms with Crippen molar-refractivity contribution in [2.45, 2.75) is 26.2 Å². The number of hydrogen-bond donors (Lipinski definition) is 1. The Hall–Kier alpha value is -1.55. The average Bonchev–Trinajstić information content (AvgIpc) is 2.62. The predicted molar refractivity (Wildman–Crippen MR) is 60.8 cm³/mol. The lowest BCUT2D eigenvalue weighted by Crippen LogP contribution is -2.42. The van der Waals surface area contributed by atoms with Gasteiger partial charge in [-0.15, -0.1) is 4.89 Å². The number of rotatable bonds is 2. The van der Waals surface area contributed by atoms with Crippen LogP contribution < -0.4 is 9.72 Å². The Labute approximate surface area is 94.7 Å². The topological polar surface area (TPSA) is 38.1 Å². The molecule has 0 aliphatic carbocycles. The van der Waals surface area contributed by atoms with Gasteiger partial charge < -0.3 is 0 Å². The summed E-state index contributed by atoms with van der Waals surface area (Å²) in [6.45, 7) is 6.50. The molecule has 0 unspecified atom stereocenters. The second-order valence-corrected chi connectivity index (χ2v) is 4.81. The van der Waals surface area contributed by atoms with Gasteiger partial charge in [-0.25, -0.2) is 4.98 Å². The number of nitrogens with one attached hydrogen (secondary N) is 1. The Morgan fingerprint density at radius 1 is 1.31 bits per heavy atom. The third-order valence-corrected chi connectivity index (χ3v) is 2.51. The first-order valence-corrected chi connectivity index (χ1v) is 5.27. The molecule has 0 atom stereocenters. The Kier molecular flexibility index (Phi) is 2.59. The molecule has 4 heteroatoms. The number of aromatic amines is 1. The second-order valence-electron chi connectivity index (χ2n) is 4.81. The number of aromatic nitrogens is 2. The lowest BCUT2D eigenvalue weighted by Gasteiger charge is -2.12. The van der Waals surface area contributed by atoms with E-state index in [9.17, 15) is 0 Å². The van der Waals surface area contributed by atoms with Crippen LogP contribution in [0.2, 0.25) is 0 Å². The lowest BCUT2D eigenvalue weighted by molar-refractivity contribution is -0.940. The van der Waals surface area contributed by atoms with Crippen molar-refractivity contribution >= 4 is 11.0 Å². The van der Waals surface area contributed by atoms with Gasteiger partial charge in [0, 0.05) is 5.41 Å². The molecule has 0 aliphatic heterocycles. The molecule has 2 aromatic heterocycles. The summed E-state index contributed by atoms with van der Waals surface area (Å²) >= 11 is 0. The number of fused-ring (bicyclic) bond motifs is 1. The molecular weight excluding hydrogens is 204 g/mol. The zero-order valence-electron chi connectivity index (χ0n) is 10.1. The Morgan fingerprint density at radius 2 is 2.06 bits per heavy atom. The highest BCUT2D eigenvalue weighted by molar-refractivity contribution is 5.73. The smallest absolute Gasteiger partial charge is 0.240 e. The van der Waals surface area contributed by atoms with E-state index in [0.717, 1.165) is 11.0 Å². The highest BCUT2D eigenvalue weighted by atomic mass is 17.3. The molecule has 16 heavy (non-hydrogen) atoms. The molecule has 1 N–H and O–H groups in total. The van der Waals surface area contributed by atoms with E-state index >= 15 is 0 Å². The van der Waals surface area contributed by atoms with Crippen LogP contribution in [0.1, 0.15) is 26.5 Å². The van der Waals surface area contributed by atoms with Gasteiger partial charge in [-0.1, -0.05) is 20.8 Å². The molecule has 0 bridgehead atoms. The molecule has 2 heterocycles. The first-order chi connectivity index (χ1) is 7.52. The molecule has 4 nitrogen and oxygen atoms in total. The summed E-state index contributed by atoms with van der Waals surface area (Å²) in [5.74, 6) is 0. The summed E-state index contributed by atoms with van der Waals surface area (Å²) in [4.78, 5) is 13.1. The molecule has 2 rings (SSSR count). The van der Waals surface area contributed by atoms with Gasteiger partial charge in [0.05, 0.1) is 12.5 Å². The molecule has 0 fully saturated rings. The van der Waals surface area contributed by atoms with E-state index in [4.69, 9.17) is 4.99 Å². The Bertz CT molecular complexity index is 497. The van der Waals surface area contributed by atoms with Crippen LogP contribution in [0.25, 0.3) is 11.0 Å². The van der Waals surface area contributed by atoms with Crippen LogP contribution in [0.4, 0.5) is 0 Å². The quantitative estimate of drug-likeness (QED) is 0.476. The van der Waals surface area contributed by atoms with Crippen molar-refractivity contribution in [1.82, 2.24) is 4.98 Å². The van der Waals surface area contributed by atoms with E-state index in [1.165, 1.54) is 12.8 Å². The molecule has 0 saturated heterocycles. The van der Waals surface area contributed by atoms with Crippen LogP contribution in [0.5, 0.6) is 0 Å². The minimum absolute atomic E-state index is 0.0872. The lowest BCUT2D eigenvalue weighted by atomic mass is 9.92. The van der Waals surface area contributed by atoms with Crippen LogP contribution >= 0.6 is 0 Å². The second kappa shape index (κ2) is 3.79. The molecule has 0 saturated carbocycles. The number of pyridine rings is 1. The van der Waals surface area contributed by atoms with E-state index in [-0.39, 0.29) is 5.41 Å². The summed E-state index contributed by atoms with van der Waals surface area (Å²) in [6, 6.07) is 6.09. The van der Waals surface area contributed by atoms with Crippen molar-refractivity contribution in [3.63, 3.8) is 0 Å². The normalized spacial score (nSPS) is 12.0. The van der Waals surface area contributed by atoms with Crippen molar-refractivity contribution < 1.29 is 14.6 Å². The summed E-state index contributed by atoms with van der Waals surface area (Å²) in [5, 5.41) is 1.10. The first kappa shape index (κ1) is 11.0. The fourth-order valence-corrected chi connectivity index (χ4v) is 1.61. The van der Waals surface area contributed by atoms with E-state index in [1.54, 1.807) is 10.9 Å². The SMILES string of the molecule is COO[n+]1cccc2cc(C(C)(C)C)[nH]c21. The highest BCUT2D eigenvalue weighted by Gasteiger charge is 2.22. The van der Waals surface area contributed by atoms with Crippen molar-refractivity contribution in [2.75, 3.05) is 7.11 Å². The van der Waals surface area contributed by atoms with E-state index < -0.39 is 0 Å². The Morgan fingerprint density at radius 3 is 2.69 bits per heavy atom. The Balaban J connectivity index is 2.57. The maximum Gasteiger partial charge on any atom is 0.330 e. The largest absolute Gasteiger partial charge is 0.330 e. The van der Waals surface area contributed by atoms with Gasteiger partial charge in [-0.2, -0.15) is 4.99 Å². The molecule has 0 aromatic carbocycles. The van der Waals surface area contributed by atoms with E-state index in [1.807, 2.05) is 12.1 Å². The van der Waals surface area contributed by atoms with Gasteiger partial charge in [-0.3, -0.25) is 0 Å². The van der Waals surface area contributed by atoms with Gasteiger partial charge in [0.15, 0.2) is 0 Å². The van der Waals surface area contributed by atoms with Crippen molar-refractivity contribution in [2.24, 2.45) is 0 Å². The van der Waals surface area contributed by atoms with Crippen molar-refractivity contribution in [1.29, 1.82) is 0 Å². The predicted octanol–water partition coefficient (Wildman–Crippen LogP) is 1.74. The zero-order valence-corrected chi connectivity index (χ0v) is 10.1. The number of nitrogens with zero attached hydrogens (tertiary/aromatic N) is 1. The maximum absolute atomic E-state index is 5.03. The zero-order chi connectivity index (χ0) is 11.8. The van der Waals surface area contributed by atoms with Crippen molar-refractivity contribution in [3.05, 3.63) is 30.1 Å². The van der Waals surface area contributed by atoms with Gasteiger partial charge in [0.2, 0.25) is 0 Å². The van der Waals surface area contributed by atoms with Crippen LogP contribution in [-0.4, -0.2) is 12.1 Å². The maximum atomic E-state index is 5.03. The summed E-state index contributed by atoms with van der Waals surface area (Å²) in [7, 11) is 1.49. The number of hydrogen-bond acceptors (Lipinski definition) is 2. The fraction of sp³-hybridized carbons (Fsp3) is 0.417. The molecule has 86 valence electrons. The van der Waals surface area contributed by atoms with Gasteiger partial charge >= 0.3 is 5.65 Å². The number of H-pyrrole nitrogens is 1. The minimum atomic E-state index is 0.0872. The monoisotopic (exact) mass is 221 g/mol. The third kappa shape index (κ3) is 1.88. The van der Waals surface area contributed by atoms with Crippen molar-refractivity contribution in [3.8, 4) is 0 Å². The van der Waals surface area contributed by atoms with Gasteiger partial charge in [0.1, 0.15) is 11.9 Å². The minimum Gasteiger partial charge on any atom is -0.240 e. The van der Waals surface area contributed by atoms with Gasteiger partial charge in [0.25, 0.3) is 0 Å². The molecule has 0 spiro atoms. The van der Waals surface area contributed by atoms with E-state index in [2.05, 4.69) is 36.7 Å². The summed E-state index contributed by atoms with van der Waals surface area (Å²) in [6.07, 6.45) is 1.80. The summed E-state index contributed by atoms with van der Waals surface area (Å²) in [5.41, 5.74) is 2.15. The molecule has 2 aromatic rings. The van der Waals surface area contributed by atoms with Crippen LogP contribution in [0, 0.1) is 0 Å². The first-order valence-electron chi connectivity index (χ1n) is 5.27. The van der Waals surface area contributed by atoms with E-state index in [0.29, 0.717) is 0 Å².